The molecule has 14 rings (SSSR count). The largest absolute Gasteiger partial charge is 0.228 e. The Labute approximate surface area is 351 Å². The number of benzene rings is 8. The van der Waals surface area contributed by atoms with Crippen molar-refractivity contribution in [1.29, 1.82) is 0 Å². The summed E-state index contributed by atoms with van der Waals surface area (Å²) in [5.74, 6) is 3.97. The first-order chi connectivity index (χ1) is 29.7. The van der Waals surface area contributed by atoms with Gasteiger partial charge >= 0.3 is 0 Å². The monoisotopic (exact) mass is 768 g/mol. The van der Waals surface area contributed by atoms with Crippen LogP contribution in [0.25, 0.3) is 88.8 Å². The fraction of sp³-hybridized carbons (Fsp3) is 0.172. The minimum absolute atomic E-state index is 0.0934. The molecule has 5 aliphatic carbocycles. The number of hydrogen-bond donors (Lipinski definition) is 0. The maximum atomic E-state index is 5.26. The van der Waals surface area contributed by atoms with E-state index in [-0.39, 0.29) is 5.41 Å². The van der Waals surface area contributed by atoms with Crippen molar-refractivity contribution in [3.05, 3.63) is 193 Å². The summed E-state index contributed by atoms with van der Waals surface area (Å²) in [5.41, 5.74) is 16.4. The fourth-order valence-corrected chi connectivity index (χ4v) is 12.9. The van der Waals surface area contributed by atoms with Crippen LogP contribution in [0, 0.1) is 23.7 Å². The van der Waals surface area contributed by atoms with E-state index in [2.05, 4.69) is 176 Å². The van der Waals surface area contributed by atoms with E-state index >= 15 is 0 Å². The van der Waals surface area contributed by atoms with Crippen LogP contribution >= 0.6 is 0 Å². The summed E-state index contributed by atoms with van der Waals surface area (Å²) in [6, 6.07) is 67.2. The van der Waals surface area contributed by atoms with Crippen LogP contribution in [0.2, 0.25) is 0 Å². The van der Waals surface area contributed by atoms with Gasteiger partial charge in [-0.05, 0) is 140 Å². The summed E-state index contributed by atoms with van der Waals surface area (Å²) in [5, 5.41) is 5.12. The molecule has 8 aromatic carbocycles. The molecule has 0 radical (unpaired) electrons. The second-order valence-corrected chi connectivity index (χ2v) is 18.1. The quantitative estimate of drug-likeness (QED) is 0.174. The molecule has 0 atom stereocenters. The Bertz CT molecular complexity index is 3080. The van der Waals surface area contributed by atoms with Crippen LogP contribution in [-0.2, 0) is 5.41 Å². The van der Waals surface area contributed by atoms with Gasteiger partial charge in [0.05, 0.1) is 11.4 Å². The summed E-state index contributed by atoms with van der Waals surface area (Å²) >= 11 is 0. The van der Waals surface area contributed by atoms with Crippen LogP contribution in [0.4, 0.5) is 0 Å². The number of aromatic nitrogens is 2. The van der Waals surface area contributed by atoms with E-state index in [1.54, 1.807) is 11.1 Å². The number of hydrogen-bond acceptors (Lipinski definition) is 2. The highest BCUT2D eigenvalue weighted by molar-refractivity contribution is 6.08. The number of nitrogens with zero attached hydrogens (tertiary/aromatic N) is 2. The van der Waals surface area contributed by atoms with Gasteiger partial charge in [0.25, 0.3) is 0 Å². The second-order valence-electron chi connectivity index (χ2n) is 18.1. The smallest absolute Gasteiger partial charge is 0.160 e. The molecule has 286 valence electrons. The maximum Gasteiger partial charge on any atom is 0.160 e. The van der Waals surface area contributed by atoms with E-state index in [1.807, 2.05) is 6.07 Å². The highest BCUT2D eigenvalue weighted by Gasteiger charge is 2.61. The molecule has 4 bridgehead atoms. The molecule has 0 aliphatic heterocycles. The van der Waals surface area contributed by atoms with Crippen molar-refractivity contribution in [2.24, 2.45) is 23.7 Å². The van der Waals surface area contributed by atoms with Gasteiger partial charge in [-0.25, -0.2) is 9.97 Å². The lowest BCUT2D eigenvalue weighted by Gasteiger charge is -2.61. The van der Waals surface area contributed by atoms with Crippen LogP contribution in [0.15, 0.2) is 182 Å². The maximum absolute atomic E-state index is 5.26. The average molecular weight is 769 g/mol. The van der Waals surface area contributed by atoms with Gasteiger partial charge in [-0.3, -0.25) is 0 Å². The van der Waals surface area contributed by atoms with E-state index in [9.17, 15) is 0 Å². The van der Waals surface area contributed by atoms with E-state index in [0.717, 1.165) is 45.7 Å². The number of fused-ring (bicyclic) bond motifs is 5. The van der Waals surface area contributed by atoms with Crippen molar-refractivity contribution >= 4 is 21.5 Å². The molecule has 0 N–H and O–H groups in total. The molecule has 5 aliphatic rings. The molecule has 4 fully saturated rings. The lowest BCUT2D eigenvalue weighted by Crippen LogP contribution is -2.55. The van der Waals surface area contributed by atoms with E-state index in [1.165, 1.54) is 87.0 Å². The standard InChI is InChI=1S/C58H44N2/c1-3-14-38(15-4-1)54-35-55(60-57(59-54)39-16-5-2-6-17-39)49-27-26-48(44-20-9-11-22-46(44)49)45-21-10-12-23-47(45)50-24-13-25-52-56(50)51-33-40-18-7-8-19-41(40)34-53(51)58(52)42-29-36-28-37(31-42)32-43(58)30-36/h1-27,33-37,42-43H,28-32H2. The summed E-state index contributed by atoms with van der Waals surface area (Å²) < 4.78 is 0. The molecule has 1 spiro atoms. The van der Waals surface area contributed by atoms with Gasteiger partial charge in [0.2, 0.25) is 0 Å². The van der Waals surface area contributed by atoms with Crippen molar-refractivity contribution in [2.45, 2.75) is 37.5 Å². The normalized spacial score (nSPS) is 22.1. The third-order valence-electron chi connectivity index (χ3n) is 15.1. The molecular formula is C58H44N2. The summed E-state index contributed by atoms with van der Waals surface area (Å²) in [6.07, 6.45) is 6.97. The third kappa shape index (κ3) is 5.00. The highest BCUT2D eigenvalue weighted by atomic mass is 14.9. The van der Waals surface area contributed by atoms with Crippen LogP contribution in [0.5, 0.6) is 0 Å². The molecular weight excluding hydrogens is 725 g/mol. The molecule has 0 saturated heterocycles. The van der Waals surface area contributed by atoms with Crippen LogP contribution in [-0.4, -0.2) is 9.97 Å². The molecule has 1 heterocycles. The Hall–Kier alpha value is -6.64. The van der Waals surface area contributed by atoms with Gasteiger partial charge < -0.3 is 0 Å². The highest BCUT2D eigenvalue weighted by Crippen LogP contribution is 2.70. The fourth-order valence-electron chi connectivity index (χ4n) is 12.9. The first kappa shape index (κ1) is 34.2. The van der Waals surface area contributed by atoms with E-state index < -0.39 is 0 Å². The van der Waals surface area contributed by atoms with Gasteiger partial charge in [0.1, 0.15) is 0 Å². The van der Waals surface area contributed by atoms with Crippen molar-refractivity contribution < 1.29 is 0 Å². The van der Waals surface area contributed by atoms with Crippen molar-refractivity contribution in [2.75, 3.05) is 0 Å². The molecule has 0 unspecified atom stereocenters. The minimum atomic E-state index is 0.0934. The number of rotatable bonds is 5. The molecule has 4 saturated carbocycles. The zero-order valence-electron chi connectivity index (χ0n) is 33.6. The molecule has 60 heavy (non-hydrogen) atoms. The lowest BCUT2D eigenvalue weighted by molar-refractivity contribution is -0.0398. The van der Waals surface area contributed by atoms with Crippen molar-refractivity contribution in [3.63, 3.8) is 0 Å². The van der Waals surface area contributed by atoms with Crippen molar-refractivity contribution in [1.82, 2.24) is 9.97 Å². The Morgan fingerprint density at radius 2 is 0.917 bits per heavy atom. The van der Waals surface area contributed by atoms with Gasteiger partial charge in [-0.1, -0.05) is 164 Å². The molecule has 1 aromatic heterocycles. The summed E-state index contributed by atoms with van der Waals surface area (Å²) in [7, 11) is 0. The minimum Gasteiger partial charge on any atom is -0.228 e. The molecule has 2 heteroatoms. The van der Waals surface area contributed by atoms with Crippen LogP contribution in [0.3, 0.4) is 0 Å². The van der Waals surface area contributed by atoms with Crippen LogP contribution < -0.4 is 0 Å². The lowest BCUT2D eigenvalue weighted by atomic mass is 9.43. The Morgan fingerprint density at radius 1 is 0.367 bits per heavy atom. The topological polar surface area (TPSA) is 25.8 Å². The summed E-state index contributed by atoms with van der Waals surface area (Å²) in [4.78, 5) is 10.4. The third-order valence-corrected chi connectivity index (χ3v) is 15.1. The first-order valence-electron chi connectivity index (χ1n) is 22.0. The molecule has 0 amide bonds. The SMILES string of the molecule is c1ccc(-c2cc(-c3ccc(-c4ccccc4-c4cccc5c4-c4cc6ccccc6cc4C54C5CC6CC(C5)CC4C6)c4ccccc34)nc(-c3ccccc3)n2)cc1. The van der Waals surface area contributed by atoms with Gasteiger partial charge in [0, 0.05) is 22.1 Å². The first-order valence-corrected chi connectivity index (χ1v) is 22.0. The Kier molecular flexibility index (Phi) is 7.52. The van der Waals surface area contributed by atoms with E-state index in [4.69, 9.17) is 9.97 Å². The Morgan fingerprint density at radius 3 is 1.63 bits per heavy atom. The Balaban J connectivity index is 1.01. The summed E-state index contributed by atoms with van der Waals surface area (Å²) in [6.45, 7) is 0. The average Bonchev–Trinajstić information content (AvgIpc) is 3.59. The van der Waals surface area contributed by atoms with Crippen LogP contribution in [0.1, 0.15) is 43.2 Å². The molecule has 9 aromatic rings. The van der Waals surface area contributed by atoms with Gasteiger partial charge in [-0.15, -0.1) is 0 Å². The van der Waals surface area contributed by atoms with Gasteiger partial charge in [-0.2, -0.15) is 0 Å². The van der Waals surface area contributed by atoms with Gasteiger partial charge in [0.15, 0.2) is 5.82 Å². The zero-order valence-corrected chi connectivity index (χ0v) is 33.6. The zero-order chi connectivity index (χ0) is 39.4. The second kappa shape index (κ2) is 13.2. The predicted molar refractivity (Wildman–Crippen MR) is 247 cm³/mol. The van der Waals surface area contributed by atoms with E-state index in [0.29, 0.717) is 11.8 Å². The van der Waals surface area contributed by atoms with Crippen molar-refractivity contribution in [3.8, 4) is 67.3 Å². The predicted octanol–water partition coefficient (Wildman–Crippen LogP) is 14.8. The molecule has 2 nitrogen and oxygen atoms in total.